The van der Waals surface area contributed by atoms with Crippen LogP contribution in [0.15, 0.2) is 58.1 Å². The molecule has 0 saturated heterocycles. The van der Waals surface area contributed by atoms with Gasteiger partial charge >= 0.3 is 17.4 Å². The number of aromatic nitrogens is 3. The van der Waals surface area contributed by atoms with Crippen LogP contribution in [0.4, 0.5) is 0 Å². The van der Waals surface area contributed by atoms with Crippen LogP contribution in [-0.4, -0.2) is 31.9 Å². The maximum atomic E-state index is 12.9. The van der Waals surface area contributed by atoms with Crippen LogP contribution in [0.2, 0.25) is 5.02 Å². The molecule has 8 nitrogen and oxygen atoms in total. The standard InChI is InChI=1S/C21H22ClN3O5/c1-14(2)29-17-7-9-18(10-8-17)30-20-23-19(27)24(11-12-26)21(28)25(20)13-15-3-5-16(22)6-4-15/h3-10,14,26H,11-13H2,1-2H3. The number of benzene rings is 2. The van der Waals surface area contributed by atoms with E-state index in [0.29, 0.717) is 16.5 Å². The van der Waals surface area contributed by atoms with Crippen molar-refractivity contribution >= 4 is 11.6 Å². The van der Waals surface area contributed by atoms with Crippen LogP contribution in [0.1, 0.15) is 19.4 Å². The normalized spacial score (nSPS) is 11.0. The molecule has 2 aromatic carbocycles. The van der Waals surface area contributed by atoms with E-state index in [9.17, 15) is 14.7 Å². The summed E-state index contributed by atoms with van der Waals surface area (Å²) in [6.45, 7) is 3.43. The molecule has 1 aromatic heterocycles. The zero-order chi connectivity index (χ0) is 21.7. The van der Waals surface area contributed by atoms with E-state index in [4.69, 9.17) is 21.1 Å². The molecule has 0 atom stereocenters. The first-order valence-electron chi connectivity index (χ1n) is 9.39. The van der Waals surface area contributed by atoms with Crippen LogP contribution in [0.5, 0.6) is 17.5 Å². The zero-order valence-corrected chi connectivity index (χ0v) is 17.4. The molecule has 3 aromatic rings. The lowest BCUT2D eigenvalue weighted by Crippen LogP contribution is -2.42. The third-order valence-electron chi connectivity index (χ3n) is 4.10. The van der Waals surface area contributed by atoms with Crippen molar-refractivity contribution in [3.8, 4) is 17.5 Å². The molecule has 0 bridgehead atoms. The van der Waals surface area contributed by atoms with Gasteiger partial charge in [-0.1, -0.05) is 23.7 Å². The van der Waals surface area contributed by atoms with Crippen molar-refractivity contribution < 1.29 is 14.6 Å². The lowest BCUT2D eigenvalue weighted by Gasteiger charge is -2.15. The van der Waals surface area contributed by atoms with Crippen LogP contribution in [0.25, 0.3) is 0 Å². The van der Waals surface area contributed by atoms with Crippen molar-refractivity contribution in [1.29, 1.82) is 0 Å². The summed E-state index contributed by atoms with van der Waals surface area (Å²) < 4.78 is 13.5. The van der Waals surface area contributed by atoms with Crippen LogP contribution < -0.4 is 20.9 Å². The Morgan fingerprint density at radius 3 is 2.23 bits per heavy atom. The summed E-state index contributed by atoms with van der Waals surface area (Å²) in [5.74, 6) is 1.06. The second kappa shape index (κ2) is 9.60. The van der Waals surface area contributed by atoms with Gasteiger partial charge in [-0.15, -0.1) is 4.98 Å². The number of nitrogens with zero attached hydrogens (tertiary/aromatic N) is 3. The average molecular weight is 432 g/mol. The van der Waals surface area contributed by atoms with E-state index in [-0.39, 0.29) is 31.8 Å². The number of aliphatic hydroxyl groups excluding tert-OH is 1. The lowest BCUT2D eigenvalue weighted by molar-refractivity contribution is 0.242. The molecule has 9 heteroatoms. The predicted molar refractivity (Wildman–Crippen MR) is 113 cm³/mol. The Hall–Kier alpha value is -3.10. The van der Waals surface area contributed by atoms with Crippen molar-refractivity contribution in [2.75, 3.05) is 6.61 Å². The molecule has 0 radical (unpaired) electrons. The highest BCUT2D eigenvalue weighted by molar-refractivity contribution is 6.30. The van der Waals surface area contributed by atoms with E-state index in [2.05, 4.69) is 4.98 Å². The van der Waals surface area contributed by atoms with Gasteiger partial charge in [-0.05, 0) is 55.8 Å². The third kappa shape index (κ3) is 5.28. The van der Waals surface area contributed by atoms with Crippen molar-refractivity contribution in [1.82, 2.24) is 14.1 Å². The second-order valence-corrected chi connectivity index (χ2v) is 7.22. The second-order valence-electron chi connectivity index (χ2n) is 6.79. The van der Waals surface area contributed by atoms with Crippen LogP contribution in [0.3, 0.4) is 0 Å². The number of rotatable bonds is 8. The summed E-state index contributed by atoms with van der Waals surface area (Å²) in [7, 11) is 0. The van der Waals surface area contributed by atoms with E-state index in [0.717, 1.165) is 10.1 Å². The van der Waals surface area contributed by atoms with Gasteiger partial charge in [-0.3, -0.25) is 0 Å². The quantitative estimate of drug-likeness (QED) is 0.589. The van der Waals surface area contributed by atoms with Gasteiger partial charge in [0, 0.05) is 5.02 Å². The van der Waals surface area contributed by atoms with Crippen molar-refractivity contribution in [3.63, 3.8) is 0 Å². The molecule has 0 amide bonds. The smallest absolute Gasteiger partial charge is 0.356 e. The number of ether oxygens (including phenoxy) is 2. The van der Waals surface area contributed by atoms with E-state index in [1.807, 2.05) is 13.8 Å². The van der Waals surface area contributed by atoms with Crippen LogP contribution >= 0.6 is 11.6 Å². The van der Waals surface area contributed by atoms with E-state index < -0.39 is 11.4 Å². The molecule has 30 heavy (non-hydrogen) atoms. The molecule has 0 fully saturated rings. The highest BCUT2D eigenvalue weighted by atomic mass is 35.5. The molecule has 1 heterocycles. The van der Waals surface area contributed by atoms with Gasteiger partial charge in [0.1, 0.15) is 11.5 Å². The number of aliphatic hydroxyl groups is 1. The molecule has 158 valence electrons. The maximum Gasteiger partial charge on any atom is 0.356 e. The minimum atomic E-state index is -0.795. The predicted octanol–water partition coefficient (Wildman–Crippen LogP) is 2.68. The summed E-state index contributed by atoms with van der Waals surface area (Å²) in [6.07, 6.45) is 0.0297. The summed E-state index contributed by atoms with van der Waals surface area (Å²) >= 11 is 5.93. The van der Waals surface area contributed by atoms with Crippen LogP contribution in [0, 0.1) is 0 Å². The lowest BCUT2D eigenvalue weighted by atomic mass is 10.2. The molecule has 0 aliphatic rings. The van der Waals surface area contributed by atoms with Gasteiger partial charge in [0.05, 0.1) is 25.8 Å². The van der Waals surface area contributed by atoms with Gasteiger partial charge in [0.15, 0.2) is 0 Å². The summed E-state index contributed by atoms with van der Waals surface area (Å²) in [6, 6.07) is 13.6. The summed E-state index contributed by atoms with van der Waals surface area (Å²) in [4.78, 5) is 29.1. The van der Waals surface area contributed by atoms with Gasteiger partial charge in [0.2, 0.25) is 0 Å². The first-order valence-corrected chi connectivity index (χ1v) is 9.76. The third-order valence-corrected chi connectivity index (χ3v) is 4.35. The molecular weight excluding hydrogens is 410 g/mol. The summed E-state index contributed by atoms with van der Waals surface area (Å²) in [5.41, 5.74) is -0.659. The Morgan fingerprint density at radius 2 is 1.63 bits per heavy atom. The largest absolute Gasteiger partial charge is 0.491 e. The summed E-state index contributed by atoms with van der Waals surface area (Å²) in [5, 5.41) is 9.74. The fourth-order valence-electron chi connectivity index (χ4n) is 2.75. The first kappa shape index (κ1) is 21.6. The SMILES string of the molecule is CC(C)Oc1ccc(Oc2nc(=O)n(CCO)c(=O)n2Cc2ccc(Cl)cc2)cc1. The van der Waals surface area contributed by atoms with Gasteiger partial charge in [0.25, 0.3) is 0 Å². The van der Waals surface area contributed by atoms with E-state index in [1.54, 1.807) is 48.5 Å². The molecule has 0 spiro atoms. The molecule has 0 saturated carbocycles. The molecule has 0 unspecified atom stereocenters. The van der Waals surface area contributed by atoms with Crippen LogP contribution in [-0.2, 0) is 13.1 Å². The Kier molecular flexibility index (Phi) is 6.91. The molecular formula is C21H22ClN3O5. The van der Waals surface area contributed by atoms with Gasteiger partial charge in [-0.25, -0.2) is 18.7 Å². The molecule has 0 aliphatic carbocycles. The zero-order valence-electron chi connectivity index (χ0n) is 16.6. The molecule has 0 aliphatic heterocycles. The highest BCUT2D eigenvalue weighted by Gasteiger charge is 2.15. The minimum absolute atomic E-state index is 0.0297. The molecule has 1 N–H and O–H groups in total. The Bertz CT molecular complexity index is 1110. The number of hydrogen-bond acceptors (Lipinski definition) is 6. The number of hydrogen-bond donors (Lipinski definition) is 1. The topological polar surface area (TPSA) is 95.6 Å². The van der Waals surface area contributed by atoms with E-state index >= 15 is 0 Å². The average Bonchev–Trinajstić information content (AvgIpc) is 2.70. The van der Waals surface area contributed by atoms with Gasteiger partial charge < -0.3 is 14.6 Å². The van der Waals surface area contributed by atoms with Crippen molar-refractivity contribution in [2.24, 2.45) is 0 Å². The fraction of sp³-hybridized carbons (Fsp3) is 0.286. The first-order chi connectivity index (χ1) is 14.4. The minimum Gasteiger partial charge on any atom is -0.491 e. The Labute approximate surface area is 177 Å². The Morgan fingerprint density at radius 1 is 1.00 bits per heavy atom. The number of halogens is 1. The molecule has 3 rings (SSSR count). The van der Waals surface area contributed by atoms with Crippen molar-refractivity contribution in [2.45, 2.75) is 33.0 Å². The van der Waals surface area contributed by atoms with Crippen molar-refractivity contribution in [3.05, 3.63) is 80.1 Å². The van der Waals surface area contributed by atoms with Gasteiger partial charge in [-0.2, -0.15) is 0 Å². The fourth-order valence-corrected chi connectivity index (χ4v) is 2.88. The maximum absolute atomic E-state index is 12.9. The highest BCUT2D eigenvalue weighted by Crippen LogP contribution is 2.23. The Balaban J connectivity index is 1.98. The monoisotopic (exact) mass is 431 g/mol. The van der Waals surface area contributed by atoms with E-state index in [1.165, 1.54) is 4.57 Å².